The Morgan fingerprint density at radius 3 is 1.38 bits per heavy atom. The molecule has 198 valence electrons. The average molecular weight is 538 g/mol. The van der Waals surface area contributed by atoms with E-state index >= 15 is 0 Å². The summed E-state index contributed by atoms with van der Waals surface area (Å²) in [4.78, 5) is 60.5. The van der Waals surface area contributed by atoms with Gasteiger partial charge < -0.3 is 25.5 Å². The predicted octanol–water partition coefficient (Wildman–Crippen LogP) is 4.54. The lowest BCUT2D eigenvalue weighted by atomic mass is 9.65. The Kier molecular flexibility index (Phi) is 5.95. The van der Waals surface area contributed by atoms with Crippen LogP contribution in [0.15, 0.2) is 78.9 Å². The number of carboxylic acids is 5. The molecule has 10 nitrogen and oxygen atoms in total. The fourth-order valence-corrected chi connectivity index (χ4v) is 5.59. The van der Waals surface area contributed by atoms with Gasteiger partial charge in [0.1, 0.15) is 0 Å². The molecule has 0 saturated heterocycles. The fourth-order valence-electron chi connectivity index (χ4n) is 5.59. The van der Waals surface area contributed by atoms with Crippen LogP contribution in [-0.4, -0.2) is 55.4 Å². The zero-order valence-corrected chi connectivity index (χ0v) is 20.3. The monoisotopic (exact) mass is 538 g/mol. The van der Waals surface area contributed by atoms with Crippen LogP contribution in [0.3, 0.4) is 0 Å². The molecule has 0 bridgehead atoms. The van der Waals surface area contributed by atoms with Crippen LogP contribution in [-0.2, 0) is 5.41 Å². The zero-order chi connectivity index (χ0) is 28.9. The van der Waals surface area contributed by atoms with Gasteiger partial charge in [0, 0.05) is 0 Å². The first-order valence-electron chi connectivity index (χ1n) is 11.7. The van der Waals surface area contributed by atoms with Gasteiger partial charge in [0.2, 0.25) is 0 Å². The number of hydrogen-bond acceptors (Lipinski definition) is 5. The van der Waals surface area contributed by atoms with E-state index in [1.54, 1.807) is 36.4 Å². The number of hydrogen-bond donors (Lipinski definition) is 5. The molecule has 40 heavy (non-hydrogen) atoms. The van der Waals surface area contributed by atoms with E-state index in [0.717, 1.165) is 24.3 Å². The van der Waals surface area contributed by atoms with Crippen LogP contribution in [0, 0.1) is 0 Å². The molecule has 0 radical (unpaired) electrons. The van der Waals surface area contributed by atoms with E-state index in [4.69, 9.17) is 0 Å². The first kappa shape index (κ1) is 25.9. The minimum atomic E-state index is -1.66. The molecule has 4 aromatic rings. The van der Waals surface area contributed by atoms with E-state index < -0.39 is 57.5 Å². The van der Waals surface area contributed by atoms with Crippen molar-refractivity contribution in [3.8, 4) is 11.1 Å². The molecule has 5 N–H and O–H groups in total. The number of carboxylic acid groups (broad SMARTS) is 5. The van der Waals surface area contributed by atoms with Crippen LogP contribution in [0.25, 0.3) is 11.1 Å². The number of benzene rings is 4. The van der Waals surface area contributed by atoms with Crippen molar-refractivity contribution in [3.05, 3.63) is 129 Å². The molecule has 0 spiro atoms. The third-order valence-corrected chi connectivity index (χ3v) is 7.12. The van der Waals surface area contributed by atoms with E-state index in [2.05, 4.69) is 0 Å². The maximum Gasteiger partial charge on any atom is 0.336 e. The van der Waals surface area contributed by atoms with E-state index in [-0.39, 0.29) is 22.3 Å². The lowest BCUT2D eigenvalue weighted by molar-refractivity contribution is 0.0651. The van der Waals surface area contributed by atoms with Crippen LogP contribution >= 0.6 is 0 Å². The van der Waals surface area contributed by atoms with Crippen molar-refractivity contribution in [2.75, 3.05) is 0 Å². The minimum absolute atomic E-state index is 0.147. The number of fused-ring (bicyclic) bond motifs is 3. The third-order valence-electron chi connectivity index (χ3n) is 7.12. The summed E-state index contributed by atoms with van der Waals surface area (Å²) in [5, 5.41) is 49.2. The molecule has 1 aliphatic rings. The molecular formula is C30H18O10. The molecule has 5 rings (SSSR count). The molecule has 0 aromatic heterocycles. The minimum Gasteiger partial charge on any atom is -0.478 e. The van der Waals surface area contributed by atoms with Crippen molar-refractivity contribution in [1.82, 2.24) is 0 Å². The highest BCUT2D eigenvalue weighted by Gasteiger charge is 2.49. The van der Waals surface area contributed by atoms with Crippen LogP contribution in [0.4, 0.5) is 0 Å². The molecule has 1 aliphatic carbocycles. The van der Waals surface area contributed by atoms with Crippen molar-refractivity contribution < 1.29 is 49.5 Å². The van der Waals surface area contributed by atoms with Crippen molar-refractivity contribution in [2.24, 2.45) is 0 Å². The van der Waals surface area contributed by atoms with Gasteiger partial charge in [-0.15, -0.1) is 0 Å². The second kappa shape index (κ2) is 9.21. The average Bonchev–Trinajstić information content (AvgIpc) is 3.23. The highest BCUT2D eigenvalue weighted by atomic mass is 16.4. The summed E-state index contributed by atoms with van der Waals surface area (Å²) in [5.41, 5.74) is -1.94. The Hall–Kier alpha value is -5.77. The summed E-state index contributed by atoms with van der Waals surface area (Å²) in [7, 11) is 0. The quantitative estimate of drug-likeness (QED) is 0.197. The van der Waals surface area contributed by atoms with Crippen molar-refractivity contribution in [1.29, 1.82) is 0 Å². The van der Waals surface area contributed by atoms with Gasteiger partial charge in [-0.1, -0.05) is 48.5 Å². The van der Waals surface area contributed by atoms with Gasteiger partial charge in [-0.25, -0.2) is 24.0 Å². The van der Waals surface area contributed by atoms with Crippen molar-refractivity contribution >= 4 is 29.8 Å². The molecule has 0 atom stereocenters. The lowest BCUT2D eigenvalue weighted by Gasteiger charge is -2.35. The number of aromatic carboxylic acids is 5. The molecule has 0 fully saturated rings. The molecule has 10 heteroatoms. The Morgan fingerprint density at radius 2 is 0.900 bits per heavy atom. The Balaban J connectivity index is 2.04. The van der Waals surface area contributed by atoms with Gasteiger partial charge in [0.05, 0.1) is 33.2 Å². The fraction of sp³-hybridized carbons (Fsp3) is 0.0333. The zero-order valence-electron chi connectivity index (χ0n) is 20.3. The largest absolute Gasteiger partial charge is 0.478 e. The van der Waals surface area contributed by atoms with Gasteiger partial charge in [0.25, 0.3) is 0 Å². The standard InChI is InChI=1S/C30H18O10/c31-25(32)18-10-8-14(12-21(18)28(37)38)30(15-9-11-19(26(33)34)22(13-15)29(39)40)23-7-2-1-4-16(23)17-5-3-6-20(24(17)30)27(35)36/h1-13H,(H,31,32)(H,33,34)(H,35,36)(H,37,38)(H,39,40). The van der Waals surface area contributed by atoms with Crippen LogP contribution in [0.1, 0.15) is 74.0 Å². The highest BCUT2D eigenvalue weighted by molar-refractivity contribution is 6.04. The van der Waals surface area contributed by atoms with Gasteiger partial charge in [-0.3, -0.25) is 0 Å². The summed E-state index contributed by atoms with van der Waals surface area (Å²) in [6.07, 6.45) is 0. The SMILES string of the molecule is O=C(O)c1ccc(C2(c3ccc(C(=O)O)c(C(=O)O)c3)c3ccccc3-c3cccc(C(=O)O)c32)cc1C(=O)O. The molecule has 4 aromatic carbocycles. The Morgan fingerprint density at radius 1 is 0.450 bits per heavy atom. The van der Waals surface area contributed by atoms with Gasteiger partial charge in [-0.2, -0.15) is 0 Å². The van der Waals surface area contributed by atoms with Gasteiger partial charge in [0.15, 0.2) is 0 Å². The van der Waals surface area contributed by atoms with Gasteiger partial charge >= 0.3 is 29.8 Å². The van der Waals surface area contributed by atoms with E-state index in [0.29, 0.717) is 16.7 Å². The summed E-state index contributed by atoms with van der Waals surface area (Å²) in [6.45, 7) is 0. The molecule has 0 heterocycles. The van der Waals surface area contributed by atoms with Crippen molar-refractivity contribution in [2.45, 2.75) is 5.41 Å². The third kappa shape index (κ3) is 3.62. The molecule has 0 aliphatic heterocycles. The first-order valence-corrected chi connectivity index (χ1v) is 11.7. The normalized spacial score (nSPS) is 12.7. The summed E-state index contributed by atoms with van der Waals surface area (Å²) < 4.78 is 0. The second-order valence-electron chi connectivity index (χ2n) is 9.07. The van der Waals surface area contributed by atoms with Gasteiger partial charge in [-0.05, 0) is 63.7 Å². The summed E-state index contributed by atoms with van der Waals surface area (Å²) in [6, 6.07) is 18.5. The molecule has 0 amide bonds. The van der Waals surface area contributed by atoms with E-state index in [9.17, 15) is 49.5 Å². The predicted molar refractivity (Wildman–Crippen MR) is 139 cm³/mol. The molecule has 0 saturated carbocycles. The first-order chi connectivity index (χ1) is 19.0. The van der Waals surface area contributed by atoms with Crippen LogP contribution in [0.2, 0.25) is 0 Å². The molecular weight excluding hydrogens is 520 g/mol. The van der Waals surface area contributed by atoms with Crippen LogP contribution in [0.5, 0.6) is 0 Å². The smallest absolute Gasteiger partial charge is 0.336 e. The summed E-state index contributed by atoms with van der Waals surface area (Å²) in [5.74, 6) is -7.37. The number of carbonyl (C=O) groups is 5. The number of rotatable bonds is 7. The van der Waals surface area contributed by atoms with Crippen LogP contribution < -0.4 is 0 Å². The lowest BCUT2D eigenvalue weighted by Crippen LogP contribution is -2.32. The summed E-state index contributed by atoms with van der Waals surface area (Å²) >= 11 is 0. The van der Waals surface area contributed by atoms with Crippen molar-refractivity contribution in [3.63, 3.8) is 0 Å². The second-order valence-corrected chi connectivity index (χ2v) is 9.07. The topological polar surface area (TPSA) is 186 Å². The molecule has 0 unspecified atom stereocenters. The highest BCUT2D eigenvalue weighted by Crippen LogP contribution is 2.57. The Bertz CT molecular complexity index is 1720. The van der Waals surface area contributed by atoms with E-state index in [1.807, 2.05) is 0 Å². The van der Waals surface area contributed by atoms with E-state index in [1.165, 1.54) is 18.2 Å². The Labute approximate surface area is 225 Å². The maximum atomic E-state index is 12.6. The maximum absolute atomic E-state index is 12.6.